The number of carbonyl (C=O) groups is 1. The van der Waals surface area contributed by atoms with Gasteiger partial charge in [0.25, 0.3) is 5.56 Å². The second kappa shape index (κ2) is 13.4. The van der Waals surface area contributed by atoms with Crippen molar-refractivity contribution in [1.82, 2.24) is 9.55 Å². The van der Waals surface area contributed by atoms with Crippen LogP contribution in [0.3, 0.4) is 0 Å². The van der Waals surface area contributed by atoms with E-state index in [-0.39, 0.29) is 25.2 Å². The maximum Gasteiger partial charge on any atom is 0.330 e. The Balaban J connectivity index is 1.44. The van der Waals surface area contributed by atoms with E-state index in [0.29, 0.717) is 11.5 Å². The van der Waals surface area contributed by atoms with Crippen LogP contribution in [0.1, 0.15) is 41.8 Å². The van der Waals surface area contributed by atoms with Gasteiger partial charge >= 0.3 is 11.7 Å². The van der Waals surface area contributed by atoms with E-state index in [9.17, 15) is 19.5 Å². The Morgan fingerprint density at radius 1 is 0.917 bits per heavy atom. The molecule has 0 radical (unpaired) electrons. The van der Waals surface area contributed by atoms with Crippen LogP contribution in [-0.4, -0.2) is 72.0 Å². The number of hydrogen-bond donors (Lipinski definition) is 2. The van der Waals surface area contributed by atoms with E-state index in [1.165, 1.54) is 17.7 Å². The largest absolute Gasteiger partial charge is 0.497 e. The second-order valence-corrected chi connectivity index (χ2v) is 12.0. The lowest BCUT2D eigenvalue weighted by atomic mass is 9.79. The standard InChI is InChI=1S/C36H38N2O10/c1-22-19-38(34(41)37-32(22)40)33-31-35(42,18-29(47-31)20-45-23(2)39)30(48-33)21-46-36(24-8-6-5-7-9-24,25-10-14-27(43-3)15-11-25)26-12-16-28(44-4)17-13-26/h5-17,19,29-31,33,42H,18,20-21H2,1-4H3,(H,37,40,41)/t29-,30-,31-,33-,35-/m1/s1. The van der Waals surface area contributed by atoms with Crippen molar-refractivity contribution in [1.29, 1.82) is 0 Å². The predicted molar refractivity (Wildman–Crippen MR) is 173 cm³/mol. The molecule has 0 amide bonds. The molecular weight excluding hydrogens is 620 g/mol. The van der Waals surface area contributed by atoms with Gasteiger partial charge in [-0.3, -0.25) is 19.1 Å². The average molecular weight is 659 g/mol. The molecule has 5 atom stereocenters. The minimum absolute atomic E-state index is 0.0377. The number of aliphatic hydroxyl groups is 1. The Hall–Kier alpha value is -4.75. The minimum atomic E-state index is -1.67. The molecule has 2 aliphatic rings. The van der Waals surface area contributed by atoms with Crippen LogP contribution in [0.25, 0.3) is 0 Å². The average Bonchev–Trinajstić information content (AvgIpc) is 3.57. The number of H-pyrrole nitrogens is 1. The van der Waals surface area contributed by atoms with Gasteiger partial charge in [0.2, 0.25) is 0 Å². The number of esters is 1. The van der Waals surface area contributed by atoms with Crippen LogP contribution in [0.5, 0.6) is 11.5 Å². The van der Waals surface area contributed by atoms with Gasteiger partial charge in [0.15, 0.2) is 6.23 Å². The highest BCUT2D eigenvalue weighted by Crippen LogP contribution is 2.49. The summed E-state index contributed by atoms with van der Waals surface area (Å²) in [6.07, 6.45) is -2.46. The van der Waals surface area contributed by atoms with E-state index in [1.807, 2.05) is 78.9 Å². The fraction of sp³-hybridized carbons (Fsp3) is 0.361. The first-order valence-electron chi connectivity index (χ1n) is 15.6. The molecule has 2 saturated heterocycles. The molecule has 4 aromatic rings. The monoisotopic (exact) mass is 658 g/mol. The molecule has 1 aromatic heterocycles. The van der Waals surface area contributed by atoms with E-state index in [2.05, 4.69) is 4.98 Å². The maximum atomic E-state index is 13.0. The highest BCUT2D eigenvalue weighted by molar-refractivity contribution is 5.65. The zero-order valence-corrected chi connectivity index (χ0v) is 27.1. The lowest BCUT2D eigenvalue weighted by molar-refractivity contribution is -0.148. The van der Waals surface area contributed by atoms with Crippen LogP contribution in [0.2, 0.25) is 0 Å². The Morgan fingerprint density at radius 3 is 2.06 bits per heavy atom. The number of aromatic nitrogens is 2. The Kier molecular flexibility index (Phi) is 9.26. The molecule has 12 nitrogen and oxygen atoms in total. The fourth-order valence-electron chi connectivity index (χ4n) is 6.59. The SMILES string of the molecule is COc1ccc(C(OC[C@H]2O[C@@H](n3cc(C)c(=O)[nH]c3=O)[C@H]3O[C@@H](COC(C)=O)C[C@]32O)(c2ccccc2)c2ccc(OC)cc2)cc1. The summed E-state index contributed by atoms with van der Waals surface area (Å²) in [6, 6.07) is 24.7. The third-order valence-electron chi connectivity index (χ3n) is 9.02. The van der Waals surface area contributed by atoms with E-state index >= 15 is 0 Å². The fourth-order valence-corrected chi connectivity index (χ4v) is 6.59. The Morgan fingerprint density at radius 2 is 1.50 bits per heavy atom. The van der Waals surface area contributed by atoms with Gasteiger partial charge in [-0.15, -0.1) is 0 Å². The van der Waals surface area contributed by atoms with Gasteiger partial charge in [-0.2, -0.15) is 0 Å². The van der Waals surface area contributed by atoms with Crippen molar-refractivity contribution in [2.45, 2.75) is 56.0 Å². The molecule has 0 spiro atoms. The summed E-state index contributed by atoms with van der Waals surface area (Å²) in [6.45, 7) is 2.60. The summed E-state index contributed by atoms with van der Waals surface area (Å²) in [5.74, 6) is 0.839. The Bertz CT molecular complexity index is 1810. The zero-order chi connectivity index (χ0) is 34.1. The van der Waals surface area contributed by atoms with E-state index in [1.54, 1.807) is 21.1 Å². The predicted octanol–water partition coefficient (Wildman–Crippen LogP) is 3.22. The van der Waals surface area contributed by atoms with Crippen LogP contribution in [0.4, 0.5) is 0 Å². The summed E-state index contributed by atoms with van der Waals surface area (Å²) in [5, 5.41) is 12.3. The van der Waals surface area contributed by atoms with Crippen LogP contribution in [0.15, 0.2) is 94.6 Å². The van der Waals surface area contributed by atoms with Crippen LogP contribution < -0.4 is 20.7 Å². The third-order valence-corrected chi connectivity index (χ3v) is 9.02. The summed E-state index contributed by atoms with van der Waals surface area (Å²) in [5.41, 5.74) is -1.49. The van der Waals surface area contributed by atoms with Crippen molar-refractivity contribution in [3.63, 3.8) is 0 Å². The molecule has 48 heavy (non-hydrogen) atoms. The summed E-state index contributed by atoms with van der Waals surface area (Å²) in [7, 11) is 3.19. The Labute approximate surface area is 276 Å². The minimum Gasteiger partial charge on any atom is -0.497 e. The molecule has 0 unspecified atom stereocenters. The third kappa shape index (κ3) is 6.03. The molecule has 252 valence electrons. The number of rotatable bonds is 11. The quantitative estimate of drug-likeness (QED) is 0.182. The second-order valence-electron chi connectivity index (χ2n) is 12.0. The molecule has 12 heteroatoms. The molecule has 3 heterocycles. The maximum absolute atomic E-state index is 13.0. The van der Waals surface area contributed by atoms with Gasteiger partial charge in [-0.25, -0.2) is 4.79 Å². The molecule has 0 saturated carbocycles. The van der Waals surface area contributed by atoms with Crippen molar-refractivity contribution in [2.75, 3.05) is 27.4 Å². The number of aromatic amines is 1. The first kappa shape index (κ1) is 33.2. The van der Waals surface area contributed by atoms with Gasteiger partial charge in [0.1, 0.15) is 41.5 Å². The number of fused-ring (bicyclic) bond motifs is 1. The van der Waals surface area contributed by atoms with E-state index < -0.39 is 53.0 Å². The summed E-state index contributed by atoms with van der Waals surface area (Å²) < 4.78 is 37.0. The van der Waals surface area contributed by atoms with Gasteiger partial charge < -0.3 is 33.5 Å². The normalized spacial score (nSPS) is 23.4. The van der Waals surface area contributed by atoms with Crippen molar-refractivity contribution >= 4 is 5.97 Å². The molecule has 6 rings (SSSR count). The van der Waals surface area contributed by atoms with Crippen LogP contribution in [-0.2, 0) is 29.3 Å². The lowest BCUT2D eigenvalue weighted by Gasteiger charge is -2.38. The van der Waals surface area contributed by atoms with Gasteiger partial charge in [0.05, 0.1) is 26.9 Å². The zero-order valence-electron chi connectivity index (χ0n) is 27.1. The van der Waals surface area contributed by atoms with Crippen molar-refractivity contribution < 1.29 is 38.3 Å². The number of benzene rings is 3. The number of nitrogens with one attached hydrogen (secondary N) is 1. The molecule has 2 fully saturated rings. The highest BCUT2D eigenvalue weighted by Gasteiger charge is 2.63. The smallest absolute Gasteiger partial charge is 0.330 e. The molecule has 3 aromatic carbocycles. The van der Waals surface area contributed by atoms with Crippen molar-refractivity contribution in [3.05, 3.63) is 128 Å². The van der Waals surface area contributed by atoms with Gasteiger partial charge in [-0.1, -0.05) is 54.6 Å². The molecule has 2 aliphatic heterocycles. The highest BCUT2D eigenvalue weighted by atomic mass is 16.6. The number of carbonyl (C=O) groups excluding carboxylic acids is 1. The van der Waals surface area contributed by atoms with Crippen LogP contribution >= 0.6 is 0 Å². The van der Waals surface area contributed by atoms with E-state index in [0.717, 1.165) is 16.7 Å². The molecular formula is C36H38N2O10. The number of nitrogens with zero attached hydrogens (tertiary/aromatic N) is 1. The van der Waals surface area contributed by atoms with Gasteiger partial charge in [0, 0.05) is 25.1 Å². The van der Waals surface area contributed by atoms with Crippen molar-refractivity contribution in [2.24, 2.45) is 0 Å². The summed E-state index contributed by atoms with van der Waals surface area (Å²) >= 11 is 0. The lowest BCUT2D eigenvalue weighted by Crippen LogP contribution is -2.48. The molecule has 2 N–H and O–H groups in total. The van der Waals surface area contributed by atoms with Crippen molar-refractivity contribution in [3.8, 4) is 11.5 Å². The van der Waals surface area contributed by atoms with Gasteiger partial charge in [-0.05, 0) is 47.9 Å². The molecule has 0 bridgehead atoms. The van der Waals surface area contributed by atoms with Crippen LogP contribution in [0, 0.1) is 6.92 Å². The topological polar surface area (TPSA) is 148 Å². The summed E-state index contributed by atoms with van der Waals surface area (Å²) in [4.78, 5) is 39.1. The van der Waals surface area contributed by atoms with E-state index in [4.69, 9.17) is 28.4 Å². The number of ether oxygens (including phenoxy) is 6. The number of methoxy groups -OCH3 is 2. The number of hydrogen-bond acceptors (Lipinski definition) is 10. The number of aryl methyl sites for hydroxylation is 1. The first-order chi connectivity index (χ1) is 23.1. The first-order valence-corrected chi connectivity index (χ1v) is 15.6. The molecule has 0 aliphatic carbocycles.